The van der Waals surface area contributed by atoms with Crippen molar-refractivity contribution >= 4 is 61.3 Å². The Kier molecular flexibility index (Phi) is 6.70. The molecule has 0 atom stereocenters. The molecule has 0 aliphatic rings. The maximum absolute atomic E-state index is 12.5. The van der Waals surface area contributed by atoms with Gasteiger partial charge in [-0.3, -0.25) is 14.3 Å². The smallest absolute Gasteiger partial charge is 0.263 e. The maximum Gasteiger partial charge on any atom is 0.263 e. The van der Waals surface area contributed by atoms with Crippen LogP contribution in [0.15, 0.2) is 58.8 Å². The highest BCUT2D eigenvalue weighted by Crippen LogP contribution is 2.22. The van der Waals surface area contributed by atoms with Gasteiger partial charge in [-0.15, -0.1) is 11.3 Å². The fourth-order valence-electron chi connectivity index (χ4n) is 2.43. The van der Waals surface area contributed by atoms with E-state index in [1.807, 2.05) is 0 Å². The molecule has 1 aromatic heterocycles. The third kappa shape index (κ3) is 6.02. The van der Waals surface area contributed by atoms with Gasteiger partial charge >= 0.3 is 0 Å². The summed E-state index contributed by atoms with van der Waals surface area (Å²) in [5, 5.41) is 7.61. The zero-order chi connectivity index (χ0) is 21.7. The quantitative estimate of drug-likeness (QED) is 0.492. The molecule has 8 nitrogen and oxygen atoms in total. The van der Waals surface area contributed by atoms with Crippen molar-refractivity contribution < 1.29 is 18.0 Å². The van der Waals surface area contributed by atoms with Gasteiger partial charge in [0.1, 0.15) is 0 Å². The second-order valence-electron chi connectivity index (χ2n) is 6.19. The average molecular weight is 465 g/mol. The molecule has 0 unspecified atom stereocenters. The van der Waals surface area contributed by atoms with E-state index in [0.29, 0.717) is 22.1 Å². The molecule has 0 fully saturated rings. The molecule has 30 heavy (non-hydrogen) atoms. The molecule has 156 valence electrons. The molecule has 0 saturated heterocycles. The molecular weight excluding hydrogens is 448 g/mol. The summed E-state index contributed by atoms with van der Waals surface area (Å²) in [6.07, 6.45) is -0.00767. The van der Waals surface area contributed by atoms with Gasteiger partial charge in [-0.2, -0.15) is 0 Å². The van der Waals surface area contributed by atoms with Gasteiger partial charge in [0.25, 0.3) is 10.0 Å². The summed E-state index contributed by atoms with van der Waals surface area (Å²) < 4.78 is 27.4. The number of benzene rings is 2. The van der Waals surface area contributed by atoms with Crippen LogP contribution in [-0.2, 0) is 26.0 Å². The van der Waals surface area contributed by atoms with Crippen molar-refractivity contribution in [2.45, 2.75) is 18.2 Å². The minimum absolute atomic E-state index is 0.00767. The largest absolute Gasteiger partial charge is 0.326 e. The van der Waals surface area contributed by atoms with E-state index in [9.17, 15) is 18.0 Å². The Hall–Kier alpha value is -2.95. The lowest BCUT2D eigenvalue weighted by atomic mass is 10.3. The summed E-state index contributed by atoms with van der Waals surface area (Å²) in [6.45, 7) is 1.36. The summed E-state index contributed by atoms with van der Waals surface area (Å²) in [6, 6.07) is 12.4. The first-order valence-electron chi connectivity index (χ1n) is 8.61. The van der Waals surface area contributed by atoms with Crippen LogP contribution in [-0.4, -0.2) is 25.2 Å². The van der Waals surface area contributed by atoms with Crippen LogP contribution < -0.4 is 15.4 Å². The van der Waals surface area contributed by atoms with Crippen LogP contribution in [0.3, 0.4) is 0 Å². The molecule has 0 aliphatic heterocycles. The summed E-state index contributed by atoms with van der Waals surface area (Å²) in [4.78, 5) is 27.4. The number of sulfonamides is 1. The van der Waals surface area contributed by atoms with Crippen LogP contribution >= 0.6 is 22.9 Å². The van der Waals surface area contributed by atoms with Gasteiger partial charge in [-0.25, -0.2) is 13.4 Å². The van der Waals surface area contributed by atoms with Gasteiger partial charge in [0.2, 0.25) is 11.8 Å². The number of nitrogens with one attached hydrogen (secondary N) is 3. The van der Waals surface area contributed by atoms with Crippen molar-refractivity contribution in [2.75, 3.05) is 15.4 Å². The van der Waals surface area contributed by atoms with Crippen molar-refractivity contribution in [2.24, 2.45) is 0 Å². The van der Waals surface area contributed by atoms with Gasteiger partial charge < -0.3 is 10.6 Å². The van der Waals surface area contributed by atoms with Crippen molar-refractivity contribution in [3.05, 3.63) is 64.6 Å². The third-order valence-corrected chi connectivity index (χ3v) is 6.27. The van der Waals surface area contributed by atoms with E-state index in [1.165, 1.54) is 31.2 Å². The highest BCUT2D eigenvalue weighted by Gasteiger charge is 2.17. The molecule has 0 bridgehead atoms. The predicted molar refractivity (Wildman–Crippen MR) is 117 cm³/mol. The average Bonchev–Trinajstić information content (AvgIpc) is 3.09. The van der Waals surface area contributed by atoms with Crippen LogP contribution in [0.4, 0.5) is 16.5 Å². The first-order chi connectivity index (χ1) is 14.2. The zero-order valence-corrected chi connectivity index (χ0v) is 18.1. The standard InChI is InChI=1S/C19H17ClN4O4S2/c1-12(25)21-14-6-8-17(9-7-14)30(27,28)24-19-23-16(11-29-19)10-18(26)22-15-4-2-13(20)3-5-15/h2-9,11H,10H2,1H3,(H,21,25)(H,22,26)(H,23,24). The lowest BCUT2D eigenvalue weighted by molar-refractivity contribution is -0.116. The summed E-state index contributed by atoms with van der Waals surface area (Å²) in [5.74, 6) is -0.537. The topological polar surface area (TPSA) is 117 Å². The number of halogens is 1. The molecule has 0 spiro atoms. The van der Waals surface area contributed by atoms with Crippen LogP contribution in [0.5, 0.6) is 0 Å². The molecule has 0 saturated carbocycles. The predicted octanol–water partition coefficient (Wildman–Crippen LogP) is 3.74. The van der Waals surface area contributed by atoms with E-state index < -0.39 is 10.0 Å². The van der Waals surface area contributed by atoms with Crippen molar-refractivity contribution in [3.8, 4) is 0 Å². The SMILES string of the molecule is CC(=O)Nc1ccc(S(=O)(=O)Nc2nc(CC(=O)Nc3ccc(Cl)cc3)cs2)cc1. The van der Waals surface area contributed by atoms with E-state index in [-0.39, 0.29) is 28.3 Å². The molecule has 3 aromatic rings. The molecule has 2 aromatic carbocycles. The van der Waals surface area contributed by atoms with Crippen LogP contribution in [0.25, 0.3) is 0 Å². The summed E-state index contributed by atoms with van der Waals surface area (Å²) >= 11 is 6.89. The van der Waals surface area contributed by atoms with Gasteiger partial charge in [-0.1, -0.05) is 11.6 Å². The number of hydrogen-bond donors (Lipinski definition) is 3. The minimum Gasteiger partial charge on any atom is -0.326 e. The Morgan fingerprint density at radius 2 is 1.60 bits per heavy atom. The number of anilines is 3. The summed E-state index contributed by atoms with van der Waals surface area (Å²) in [5.41, 5.74) is 1.53. The maximum atomic E-state index is 12.5. The Morgan fingerprint density at radius 3 is 2.23 bits per heavy atom. The number of hydrogen-bond acceptors (Lipinski definition) is 6. The zero-order valence-electron chi connectivity index (χ0n) is 15.7. The normalized spacial score (nSPS) is 11.0. The lowest BCUT2D eigenvalue weighted by Crippen LogP contribution is -2.15. The van der Waals surface area contributed by atoms with Crippen LogP contribution in [0, 0.1) is 0 Å². The van der Waals surface area contributed by atoms with Crippen LogP contribution in [0.1, 0.15) is 12.6 Å². The lowest BCUT2D eigenvalue weighted by Gasteiger charge is -2.07. The van der Waals surface area contributed by atoms with Gasteiger partial charge in [0, 0.05) is 28.7 Å². The summed E-state index contributed by atoms with van der Waals surface area (Å²) in [7, 11) is -3.85. The molecule has 0 radical (unpaired) electrons. The highest BCUT2D eigenvalue weighted by atomic mass is 35.5. The Morgan fingerprint density at radius 1 is 1.00 bits per heavy atom. The van der Waals surface area contributed by atoms with E-state index in [4.69, 9.17) is 11.6 Å². The van der Waals surface area contributed by atoms with E-state index in [1.54, 1.807) is 29.6 Å². The molecule has 11 heteroatoms. The minimum atomic E-state index is -3.85. The Labute approximate surface area is 182 Å². The Balaban J connectivity index is 1.61. The van der Waals surface area contributed by atoms with E-state index in [2.05, 4.69) is 20.3 Å². The van der Waals surface area contributed by atoms with Crippen molar-refractivity contribution in [1.82, 2.24) is 4.98 Å². The molecule has 2 amide bonds. The first-order valence-corrected chi connectivity index (χ1v) is 11.4. The molecular formula is C19H17ClN4O4S2. The molecule has 0 aliphatic carbocycles. The fraction of sp³-hybridized carbons (Fsp3) is 0.105. The highest BCUT2D eigenvalue weighted by molar-refractivity contribution is 7.93. The van der Waals surface area contributed by atoms with Crippen LogP contribution in [0.2, 0.25) is 5.02 Å². The number of rotatable bonds is 7. The second-order valence-corrected chi connectivity index (χ2v) is 9.16. The molecule has 3 N–H and O–H groups in total. The van der Waals surface area contributed by atoms with Gasteiger partial charge in [0.05, 0.1) is 17.0 Å². The molecule has 1 heterocycles. The number of carbonyl (C=O) groups excluding carboxylic acids is 2. The monoisotopic (exact) mass is 464 g/mol. The first kappa shape index (κ1) is 21.8. The number of nitrogens with zero attached hydrogens (tertiary/aromatic N) is 1. The Bertz CT molecular complexity index is 1160. The number of amides is 2. The van der Waals surface area contributed by atoms with Gasteiger partial charge in [0.15, 0.2) is 5.13 Å². The fourth-order valence-corrected chi connectivity index (χ4v) is 4.52. The number of thiazole rings is 1. The number of aromatic nitrogens is 1. The van der Waals surface area contributed by atoms with E-state index >= 15 is 0 Å². The number of carbonyl (C=O) groups is 2. The van der Waals surface area contributed by atoms with E-state index in [0.717, 1.165) is 11.3 Å². The third-order valence-electron chi connectivity index (χ3n) is 3.73. The van der Waals surface area contributed by atoms with Gasteiger partial charge in [-0.05, 0) is 48.5 Å². The van der Waals surface area contributed by atoms with Crippen molar-refractivity contribution in [1.29, 1.82) is 0 Å². The molecule has 3 rings (SSSR count). The second kappa shape index (κ2) is 9.24. The van der Waals surface area contributed by atoms with Crippen molar-refractivity contribution in [3.63, 3.8) is 0 Å².